The number of thiazole rings is 1. The second-order valence-electron chi connectivity index (χ2n) is 7.60. The zero-order valence-electron chi connectivity index (χ0n) is 16.6. The molecule has 2 aliphatic rings. The van der Waals surface area contributed by atoms with Gasteiger partial charge in [0.25, 0.3) is 10.0 Å². The average molecular weight is 451 g/mol. The number of carbonyl (C=O) groups is 1. The van der Waals surface area contributed by atoms with Crippen molar-refractivity contribution < 1.29 is 17.9 Å². The number of benzene rings is 1. The van der Waals surface area contributed by atoms with Crippen LogP contribution in [0.5, 0.6) is 0 Å². The Hall–Kier alpha value is -1.85. The number of nitrogens with two attached hydrogens (primary N) is 1. The highest BCUT2D eigenvalue weighted by Gasteiger charge is 2.40. The minimum atomic E-state index is -3.80. The van der Waals surface area contributed by atoms with Crippen LogP contribution in [0.25, 0.3) is 0 Å². The number of sulfonamides is 1. The Bertz CT molecular complexity index is 974. The van der Waals surface area contributed by atoms with E-state index in [1.807, 2.05) is 30.3 Å². The van der Waals surface area contributed by atoms with Crippen LogP contribution in [0.15, 0.2) is 40.9 Å². The lowest BCUT2D eigenvalue weighted by molar-refractivity contribution is -0.141. The molecule has 2 atom stereocenters. The Morgan fingerprint density at radius 1 is 1.20 bits per heavy atom. The van der Waals surface area contributed by atoms with Crippen molar-refractivity contribution in [3.8, 4) is 0 Å². The topological polar surface area (TPSA) is 106 Å². The summed E-state index contributed by atoms with van der Waals surface area (Å²) in [5.41, 5.74) is 6.67. The molecule has 0 radical (unpaired) electrons. The van der Waals surface area contributed by atoms with Crippen molar-refractivity contribution in [2.45, 2.75) is 23.2 Å². The van der Waals surface area contributed by atoms with Crippen molar-refractivity contribution in [1.82, 2.24) is 14.2 Å². The van der Waals surface area contributed by atoms with Crippen LogP contribution in [-0.2, 0) is 26.1 Å². The highest BCUT2D eigenvalue weighted by atomic mass is 32.2. The van der Waals surface area contributed by atoms with Gasteiger partial charge >= 0.3 is 0 Å². The van der Waals surface area contributed by atoms with Gasteiger partial charge in [-0.15, -0.1) is 11.3 Å². The van der Waals surface area contributed by atoms with Crippen molar-refractivity contribution in [2.24, 2.45) is 11.7 Å². The van der Waals surface area contributed by atoms with Crippen LogP contribution in [-0.4, -0.2) is 67.9 Å². The third kappa shape index (κ3) is 4.42. The summed E-state index contributed by atoms with van der Waals surface area (Å²) >= 11 is 1.09. The zero-order chi connectivity index (χ0) is 21.1. The molecular formula is C20H26N4O4S2. The van der Waals surface area contributed by atoms with Gasteiger partial charge in [0.05, 0.1) is 19.1 Å². The molecule has 1 aromatic heterocycles. The van der Waals surface area contributed by atoms with E-state index in [0.29, 0.717) is 44.1 Å². The molecule has 0 saturated carbocycles. The van der Waals surface area contributed by atoms with Crippen LogP contribution in [0.1, 0.15) is 22.8 Å². The van der Waals surface area contributed by atoms with Crippen LogP contribution in [0, 0.1) is 5.92 Å². The van der Waals surface area contributed by atoms with E-state index in [2.05, 4.69) is 4.98 Å². The molecule has 1 aromatic carbocycles. The standard InChI is InChI=1S/C20H26N4O4S2/c21-11-18-12-22-20(29-18)30(26,27)24-13-16(15-4-2-1-3-5-15)10-17(14-24)19(25)23-6-8-28-9-7-23/h1-5,12,16-17H,6-11,13-14,21H2/t16?,17-/m0/s1. The van der Waals surface area contributed by atoms with E-state index in [9.17, 15) is 13.2 Å². The maximum absolute atomic E-state index is 13.3. The fourth-order valence-electron chi connectivity index (χ4n) is 4.06. The molecule has 2 fully saturated rings. The van der Waals surface area contributed by atoms with Gasteiger partial charge in [0.15, 0.2) is 0 Å². The van der Waals surface area contributed by atoms with E-state index in [1.165, 1.54) is 10.5 Å². The fraction of sp³-hybridized carbons (Fsp3) is 0.500. The van der Waals surface area contributed by atoms with Crippen LogP contribution >= 0.6 is 11.3 Å². The van der Waals surface area contributed by atoms with E-state index in [4.69, 9.17) is 10.5 Å². The van der Waals surface area contributed by atoms with Gasteiger partial charge in [-0.25, -0.2) is 13.4 Å². The van der Waals surface area contributed by atoms with E-state index in [1.54, 1.807) is 4.90 Å². The van der Waals surface area contributed by atoms with Gasteiger partial charge in [0.2, 0.25) is 10.2 Å². The first-order valence-corrected chi connectivity index (χ1v) is 12.3. The first-order valence-electron chi connectivity index (χ1n) is 10.1. The number of nitrogens with zero attached hydrogens (tertiary/aromatic N) is 3. The SMILES string of the molecule is NCc1cnc(S(=O)(=O)N2CC(c3ccccc3)C[C@H](C(=O)N3CCOCC3)C2)s1. The van der Waals surface area contributed by atoms with E-state index in [0.717, 1.165) is 16.9 Å². The second-order valence-corrected chi connectivity index (χ2v) is 10.8. The quantitative estimate of drug-likeness (QED) is 0.735. The molecule has 2 aliphatic heterocycles. The first-order chi connectivity index (χ1) is 14.5. The van der Waals surface area contributed by atoms with Crippen molar-refractivity contribution >= 4 is 27.3 Å². The Morgan fingerprint density at radius 2 is 1.93 bits per heavy atom. The fourth-order valence-corrected chi connectivity index (χ4v) is 6.79. The number of morpholine rings is 1. The lowest BCUT2D eigenvalue weighted by Gasteiger charge is -2.39. The third-order valence-corrected chi connectivity index (χ3v) is 8.88. The molecule has 162 valence electrons. The molecule has 0 bridgehead atoms. The van der Waals surface area contributed by atoms with E-state index >= 15 is 0 Å². The van der Waals surface area contributed by atoms with Gasteiger partial charge < -0.3 is 15.4 Å². The summed E-state index contributed by atoms with van der Waals surface area (Å²) in [6.07, 6.45) is 2.13. The Labute approximate surface area is 180 Å². The van der Waals surface area contributed by atoms with Gasteiger partial charge in [-0.3, -0.25) is 4.79 Å². The summed E-state index contributed by atoms with van der Waals surface area (Å²) in [5.74, 6) is -0.453. The van der Waals surface area contributed by atoms with Crippen molar-refractivity contribution in [1.29, 1.82) is 0 Å². The van der Waals surface area contributed by atoms with Gasteiger partial charge in [-0.05, 0) is 17.9 Å². The molecule has 1 amide bonds. The summed E-state index contributed by atoms with van der Waals surface area (Å²) in [5, 5.41) is 0. The lowest BCUT2D eigenvalue weighted by Crippen LogP contribution is -2.51. The normalized spacial score (nSPS) is 23.4. The molecule has 30 heavy (non-hydrogen) atoms. The van der Waals surface area contributed by atoms with Gasteiger partial charge in [0.1, 0.15) is 0 Å². The summed E-state index contributed by atoms with van der Waals surface area (Å²) in [6, 6.07) is 9.80. The number of carbonyl (C=O) groups excluding carboxylic acids is 1. The number of piperidine rings is 1. The molecule has 3 heterocycles. The van der Waals surface area contributed by atoms with Crippen LogP contribution in [0.4, 0.5) is 0 Å². The Kier molecular flexibility index (Phi) is 6.49. The predicted octanol–water partition coefficient (Wildman–Crippen LogP) is 1.25. The number of hydrogen-bond donors (Lipinski definition) is 1. The largest absolute Gasteiger partial charge is 0.378 e. The summed E-state index contributed by atoms with van der Waals surface area (Å²) in [7, 11) is -3.80. The van der Waals surface area contributed by atoms with Crippen LogP contribution < -0.4 is 5.73 Å². The Morgan fingerprint density at radius 3 is 2.60 bits per heavy atom. The number of aromatic nitrogens is 1. The molecular weight excluding hydrogens is 424 g/mol. The highest BCUT2D eigenvalue weighted by molar-refractivity contribution is 7.91. The highest BCUT2D eigenvalue weighted by Crippen LogP contribution is 2.35. The molecule has 10 heteroatoms. The lowest BCUT2D eigenvalue weighted by atomic mass is 9.85. The monoisotopic (exact) mass is 450 g/mol. The smallest absolute Gasteiger partial charge is 0.270 e. The predicted molar refractivity (Wildman–Crippen MR) is 113 cm³/mol. The van der Waals surface area contributed by atoms with Crippen molar-refractivity contribution in [3.05, 3.63) is 47.0 Å². The maximum atomic E-state index is 13.3. The van der Waals surface area contributed by atoms with Crippen molar-refractivity contribution in [2.75, 3.05) is 39.4 Å². The number of rotatable bonds is 5. The number of ether oxygens (including phenoxy) is 1. The number of amides is 1. The van der Waals surface area contributed by atoms with Gasteiger partial charge in [-0.2, -0.15) is 4.31 Å². The summed E-state index contributed by atoms with van der Waals surface area (Å²) in [6.45, 7) is 2.87. The van der Waals surface area contributed by atoms with Gasteiger partial charge in [-0.1, -0.05) is 30.3 Å². The molecule has 0 spiro atoms. The summed E-state index contributed by atoms with van der Waals surface area (Å²) < 4.78 is 33.5. The number of hydrogen-bond acceptors (Lipinski definition) is 7. The minimum absolute atomic E-state index is 0.000849. The van der Waals surface area contributed by atoms with E-state index < -0.39 is 15.9 Å². The van der Waals surface area contributed by atoms with Gasteiger partial charge in [0, 0.05) is 43.8 Å². The Balaban J connectivity index is 1.62. The zero-order valence-corrected chi connectivity index (χ0v) is 18.3. The molecule has 1 unspecified atom stereocenters. The molecule has 2 N–H and O–H groups in total. The molecule has 2 saturated heterocycles. The second kappa shape index (κ2) is 9.11. The minimum Gasteiger partial charge on any atom is -0.378 e. The molecule has 4 rings (SSSR count). The van der Waals surface area contributed by atoms with E-state index in [-0.39, 0.29) is 29.3 Å². The molecule has 2 aromatic rings. The average Bonchev–Trinajstić information content (AvgIpc) is 3.30. The van der Waals surface area contributed by atoms with Crippen LogP contribution in [0.2, 0.25) is 0 Å². The maximum Gasteiger partial charge on any atom is 0.270 e. The molecule has 8 nitrogen and oxygen atoms in total. The first kappa shape index (κ1) is 21.4. The van der Waals surface area contributed by atoms with Crippen LogP contribution in [0.3, 0.4) is 0 Å². The van der Waals surface area contributed by atoms with Crippen molar-refractivity contribution in [3.63, 3.8) is 0 Å². The summed E-state index contributed by atoms with van der Waals surface area (Å²) in [4.78, 5) is 19.8. The molecule has 0 aliphatic carbocycles. The third-order valence-electron chi connectivity index (χ3n) is 5.65.